The van der Waals surface area contributed by atoms with Gasteiger partial charge in [0, 0.05) is 66.8 Å². The molecule has 0 saturated heterocycles. The van der Waals surface area contributed by atoms with Crippen LogP contribution in [0.1, 0.15) is 25.0 Å². The van der Waals surface area contributed by atoms with Gasteiger partial charge in [0.1, 0.15) is 22.3 Å². The third-order valence-corrected chi connectivity index (χ3v) is 12.1. The van der Waals surface area contributed by atoms with Gasteiger partial charge in [0.15, 0.2) is 17.5 Å². The van der Waals surface area contributed by atoms with E-state index in [-0.39, 0.29) is 5.41 Å². The Balaban J connectivity index is 1.00. The molecule has 1 aliphatic rings. The van der Waals surface area contributed by atoms with Gasteiger partial charge in [0.25, 0.3) is 0 Å². The van der Waals surface area contributed by atoms with E-state index >= 15 is 0 Å². The fourth-order valence-corrected chi connectivity index (χ4v) is 9.20. The third-order valence-electron chi connectivity index (χ3n) is 12.1. The zero-order chi connectivity index (χ0) is 40.0. The third kappa shape index (κ3) is 5.31. The second-order valence-electron chi connectivity index (χ2n) is 16.0. The van der Waals surface area contributed by atoms with Crippen LogP contribution in [0.3, 0.4) is 0 Å². The lowest BCUT2D eigenvalue weighted by Gasteiger charge is -2.28. The molecule has 0 aliphatic heterocycles. The van der Waals surface area contributed by atoms with Crippen LogP contribution >= 0.6 is 0 Å². The lowest BCUT2D eigenvalue weighted by molar-refractivity contribution is 0.660. The molecule has 8 aromatic carbocycles. The molecule has 0 bridgehead atoms. The van der Waals surface area contributed by atoms with E-state index in [2.05, 4.69) is 134 Å². The van der Waals surface area contributed by atoms with Crippen molar-refractivity contribution in [3.05, 3.63) is 193 Å². The first-order valence-electron chi connectivity index (χ1n) is 20.3. The van der Waals surface area contributed by atoms with E-state index in [4.69, 9.17) is 23.8 Å². The summed E-state index contributed by atoms with van der Waals surface area (Å²) in [4.78, 5) is 17.6. The molecule has 6 heteroatoms. The summed E-state index contributed by atoms with van der Waals surface area (Å²) in [6.45, 7) is 4.65. The number of para-hydroxylation sites is 2. The predicted molar refractivity (Wildman–Crippen MR) is 243 cm³/mol. The molecule has 6 nitrogen and oxygen atoms in total. The molecular weight excluding hydrogens is 737 g/mol. The van der Waals surface area contributed by atoms with Gasteiger partial charge in [0.05, 0.1) is 0 Å². The van der Waals surface area contributed by atoms with Crippen molar-refractivity contribution in [3.8, 4) is 45.3 Å². The lowest BCUT2D eigenvalue weighted by atomic mass is 9.82. The van der Waals surface area contributed by atoms with Crippen molar-refractivity contribution in [2.45, 2.75) is 19.3 Å². The Bertz CT molecular complexity index is 3480. The average molecular weight is 773 g/mol. The molecule has 0 unspecified atom stereocenters. The summed E-state index contributed by atoms with van der Waals surface area (Å²) in [6, 6.07) is 63.1. The van der Waals surface area contributed by atoms with Gasteiger partial charge in [-0.05, 0) is 82.9 Å². The summed E-state index contributed by atoms with van der Waals surface area (Å²) in [5.74, 6) is 1.72. The summed E-state index contributed by atoms with van der Waals surface area (Å²) >= 11 is 0. The molecule has 60 heavy (non-hydrogen) atoms. The van der Waals surface area contributed by atoms with Gasteiger partial charge >= 0.3 is 0 Å². The predicted octanol–water partition coefficient (Wildman–Crippen LogP) is 14.4. The smallest absolute Gasteiger partial charge is 0.164 e. The Morgan fingerprint density at radius 2 is 0.983 bits per heavy atom. The highest BCUT2D eigenvalue weighted by Crippen LogP contribution is 2.51. The van der Waals surface area contributed by atoms with Crippen LogP contribution in [0.2, 0.25) is 0 Å². The van der Waals surface area contributed by atoms with Crippen molar-refractivity contribution in [1.82, 2.24) is 15.0 Å². The Hall–Kier alpha value is -7.83. The van der Waals surface area contributed by atoms with Crippen molar-refractivity contribution < 1.29 is 8.83 Å². The molecule has 11 aromatic rings. The second kappa shape index (κ2) is 13.1. The van der Waals surface area contributed by atoms with Crippen LogP contribution in [0.5, 0.6) is 0 Å². The molecular formula is C54H36N4O2. The molecule has 0 saturated carbocycles. The maximum Gasteiger partial charge on any atom is 0.164 e. The quantitative estimate of drug-likeness (QED) is 0.168. The summed E-state index contributed by atoms with van der Waals surface area (Å²) in [5.41, 5.74) is 14.1. The van der Waals surface area contributed by atoms with Crippen LogP contribution in [-0.4, -0.2) is 15.0 Å². The van der Waals surface area contributed by atoms with Crippen LogP contribution in [0.4, 0.5) is 17.1 Å². The van der Waals surface area contributed by atoms with Crippen LogP contribution in [0, 0.1) is 0 Å². The number of benzene rings is 8. The topological polar surface area (TPSA) is 68.2 Å². The van der Waals surface area contributed by atoms with E-state index in [1.807, 2.05) is 66.7 Å². The highest BCUT2D eigenvalue weighted by Gasteiger charge is 2.35. The summed E-state index contributed by atoms with van der Waals surface area (Å²) in [7, 11) is 0. The van der Waals surface area contributed by atoms with Crippen molar-refractivity contribution in [2.75, 3.05) is 4.90 Å². The number of aromatic nitrogens is 3. The number of fused-ring (bicyclic) bond motifs is 9. The Labute approximate surface area is 346 Å². The molecule has 0 amide bonds. The molecule has 12 rings (SSSR count). The van der Waals surface area contributed by atoms with Gasteiger partial charge in [-0.3, -0.25) is 0 Å². The van der Waals surface area contributed by atoms with Crippen LogP contribution < -0.4 is 4.90 Å². The van der Waals surface area contributed by atoms with Gasteiger partial charge in [-0.2, -0.15) is 0 Å². The van der Waals surface area contributed by atoms with E-state index in [0.717, 1.165) is 77.6 Å². The Kier molecular flexibility index (Phi) is 7.47. The van der Waals surface area contributed by atoms with E-state index in [1.54, 1.807) is 0 Å². The van der Waals surface area contributed by atoms with Gasteiger partial charge in [0.2, 0.25) is 0 Å². The van der Waals surface area contributed by atoms with Crippen LogP contribution in [0.25, 0.3) is 89.2 Å². The van der Waals surface area contributed by atoms with Gasteiger partial charge in [-0.15, -0.1) is 0 Å². The monoisotopic (exact) mass is 772 g/mol. The van der Waals surface area contributed by atoms with Gasteiger partial charge < -0.3 is 13.7 Å². The fraction of sp³-hybridized carbons (Fsp3) is 0.0556. The Morgan fingerprint density at radius 3 is 1.85 bits per heavy atom. The number of hydrogen-bond acceptors (Lipinski definition) is 6. The van der Waals surface area contributed by atoms with Crippen LogP contribution in [0.15, 0.2) is 191 Å². The highest BCUT2D eigenvalue weighted by molar-refractivity contribution is 6.13. The van der Waals surface area contributed by atoms with Gasteiger partial charge in [-0.25, -0.2) is 15.0 Å². The van der Waals surface area contributed by atoms with E-state index < -0.39 is 0 Å². The molecule has 0 fully saturated rings. The number of hydrogen-bond donors (Lipinski definition) is 0. The average Bonchev–Trinajstić information content (AvgIpc) is 3.94. The molecule has 284 valence electrons. The molecule has 1 aliphatic carbocycles. The molecule has 0 atom stereocenters. The van der Waals surface area contributed by atoms with Crippen molar-refractivity contribution in [2.24, 2.45) is 0 Å². The maximum absolute atomic E-state index is 6.72. The van der Waals surface area contributed by atoms with Crippen molar-refractivity contribution in [3.63, 3.8) is 0 Å². The number of nitrogens with zero attached hydrogens (tertiary/aromatic N) is 4. The normalized spacial score (nSPS) is 13.0. The minimum Gasteiger partial charge on any atom is -0.456 e. The number of anilines is 3. The van der Waals surface area contributed by atoms with Crippen molar-refractivity contribution >= 4 is 60.9 Å². The van der Waals surface area contributed by atoms with Crippen LogP contribution in [-0.2, 0) is 5.41 Å². The minimum absolute atomic E-state index is 0.126. The first-order valence-corrected chi connectivity index (χ1v) is 20.3. The zero-order valence-corrected chi connectivity index (χ0v) is 32.9. The summed E-state index contributed by atoms with van der Waals surface area (Å²) in [6.07, 6.45) is 0. The fourth-order valence-electron chi connectivity index (χ4n) is 9.20. The lowest BCUT2D eigenvalue weighted by Crippen LogP contribution is -2.16. The molecule has 0 N–H and O–H groups in total. The van der Waals surface area contributed by atoms with E-state index in [0.29, 0.717) is 17.5 Å². The SMILES string of the molecule is CC1(C)c2ccccc2-c2ccc(N(c3ccccc3)c3ccc4c(c3)oc3cccc(-c5nc(-c6ccccc6)nc(-c6ccc7c(c6)oc6ccccc67)n5)c34)cc21. The number of rotatable bonds is 6. The zero-order valence-electron chi connectivity index (χ0n) is 32.9. The number of furan rings is 2. The summed E-state index contributed by atoms with van der Waals surface area (Å²) < 4.78 is 13.0. The van der Waals surface area contributed by atoms with Crippen molar-refractivity contribution in [1.29, 1.82) is 0 Å². The summed E-state index contributed by atoms with van der Waals surface area (Å²) in [5, 5.41) is 4.06. The molecule has 0 radical (unpaired) electrons. The second-order valence-corrected chi connectivity index (χ2v) is 16.0. The molecule has 0 spiro atoms. The van der Waals surface area contributed by atoms with E-state index in [1.165, 1.54) is 22.3 Å². The standard InChI is InChI=1S/C54H36N4O2/c1-54(2)44-21-11-9-18-38(44)39-28-25-36(31-45(39)54)58(35-16-7-4-8-17-35)37-26-29-42-49(32-37)60-47-23-13-20-43(50(42)47)53-56-51(33-14-5-3-6-15-33)55-52(57-53)34-24-27-41-40-19-10-12-22-46(40)59-48(41)30-34/h3-32H,1-2H3. The Morgan fingerprint density at radius 1 is 0.383 bits per heavy atom. The maximum atomic E-state index is 6.72. The largest absolute Gasteiger partial charge is 0.456 e. The minimum atomic E-state index is -0.126. The first-order chi connectivity index (χ1) is 29.5. The van der Waals surface area contributed by atoms with E-state index in [9.17, 15) is 0 Å². The molecule has 3 heterocycles. The first kappa shape index (κ1) is 34.2. The van der Waals surface area contributed by atoms with Gasteiger partial charge in [-0.1, -0.05) is 129 Å². The molecule has 3 aromatic heterocycles. The highest BCUT2D eigenvalue weighted by atomic mass is 16.3.